The van der Waals surface area contributed by atoms with E-state index < -0.39 is 11.8 Å². The second-order valence-electron chi connectivity index (χ2n) is 4.87. The molecule has 0 aliphatic rings. The average molecular weight is 309 g/mol. The highest BCUT2D eigenvalue weighted by Crippen LogP contribution is 2.14. The first-order valence-electron chi connectivity index (χ1n) is 7.08. The molecule has 1 atom stereocenters. The topological polar surface area (TPSA) is 104 Å². The molecular weight excluding hydrogens is 294 g/mol. The lowest BCUT2D eigenvalue weighted by Crippen LogP contribution is -2.20. The minimum absolute atomic E-state index is 0.163. The van der Waals surface area contributed by atoms with E-state index in [2.05, 4.69) is 25.3 Å². The molecular formula is C16H15N5O2. The lowest BCUT2D eigenvalue weighted by Gasteiger charge is -2.12. The van der Waals surface area contributed by atoms with Crippen LogP contribution < -0.4 is 11.0 Å². The minimum atomic E-state index is -0.719. The molecule has 0 spiro atoms. The van der Waals surface area contributed by atoms with E-state index in [0.717, 1.165) is 11.1 Å². The molecule has 0 saturated carbocycles. The van der Waals surface area contributed by atoms with Crippen LogP contribution in [0.5, 0.6) is 0 Å². The van der Waals surface area contributed by atoms with Crippen LogP contribution in [0.4, 0.5) is 5.95 Å². The van der Waals surface area contributed by atoms with Gasteiger partial charge in [0.15, 0.2) is 0 Å². The van der Waals surface area contributed by atoms with Crippen molar-refractivity contribution in [2.24, 2.45) is 0 Å². The van der Waals surface area contributed by atoms with Gasteiger partial charge in [0, 0.05) is 24.5 Å². The number of pyridine rings is 1. The highest BCUT2D eigenvalue weighted by atomic mass is 16.3. The van der Waals surface area contributed by atoms with Crippen LogP contribution in [0.25, 0.3) is 11.4 Å². The molecule has 0 saturated heterocycles. The average Bonchev–Trinajstić information content (AvgIpc) is 2.61. The molecule has 0 amide bonds. The Hall–Kier alpha value is -3.06. The summed E-state index contributed by atoms with van der Waals surface area (Å²) in [6.07, 6.45) is 2.51. The molecule has 2 aromatic heterocycles. The molecule has 2 heterocycles. The predicted molar refractivity (Wildman–Crippen MR) is 85.8 cm³/mol. The summed E-state index contributed by atoms with van der Waals surface area (Å²) in [7, 11) is 0. The number of aromatic amines is 1. The second kappa shape index (κ2) is 6.80. The Bertz CT molecular complexity index is 821. The van der Waals surface area contributed by atoms with Crippen molar-refractivity contribution < 1.29 is 5.11 Å². The second-order valence-corrected chi connectivity index (χ2v) is 4.87. The van der Waals surface area contributed by atoms with Crippen LogP contribution in [0.2, 0.25) is 0 Å². The summed E-state index contributed by atoms with van der Waals surface area (Å²) >= 11 is 0. The lowest BCUT2D eigenvalue weighted by molar-refractivity contribution is 0.191. The number of rotatable bonds is 5. The van der Waals surface area contributed by atoms with E-state index in [1.165, 1.54) is 0 Å². The highest BCUT2D eigenvalue weighted by molar-refractivity contribution is 5.54. The molecule has 0 fully saturated rings. The number of aliphatic hydroxyl groups excluding tert-OH is 1. The Morgan fingerprint density at radius 3 is 2.57 bits per heavy atom. The van der Waals surface area contributed by atoms with Gasteiger partial charge in [0.25, 0.3) is 0 Å². The molecule has 3 rings (SSSR count). The van der Waals surface area contributed by atoms with Gasteiger partial charge in [0.05, 0.1) is 6.10 Å². The summed E-state index contributed by atoms with van der Waals surface area (Å²) in [6, 6.07) is 12.7. The molecule has 3 N–H and O–H groups in total. The van der Waals surface area contributed by atoms with E-state index in [1.54, 1.807) is 24.5 Å². The molecule has 1 aromatic carbocycles. The maximum atomic E-state index is 11.7. The third-order valence-electron chi connectivity index (χ3n) is 3.24. The Morgan fingerprint density at radius 1 is 1.09 bits per heavy atom. The Labute approximate surface area is 132 Å². The van der Waals surface area contributed by atoms with E-state index >= 15 is 0 Å². The molecule has 0 bridgehead atoms. The Morgan fingerprint density at radius 2 is 1.83 bits per heavy atom. The van der Waals surface area contributed by atoms with E-state index in [1.807, 2.05) is 30.3 Å². The van der Waals surface area contributed by atoms with Crippen LogP contribution in [-0.2, 0) is 0 Å². The quantitative estimate of drug-likeness (QED) is 0.657. The van der Waals surface area contributed by atoms with Crippen LogP contribution in [-0.4, -0.2) is 31.6 Å². The molecule has 0 aliphatic heterocycles. The fourth-order valence-corrected chi connectivity index (χ4v) is 2.09. The van der Waals surface area contributed by atoms with Crippen LogP contribution in [0.1, 0.15) is 11.7 Å². The molecule has 116 valence electrons. The summed E-state index contributed by atoms with van der Waals surface area (Å²) in [5.41, 5.74) is 0.994. The first-order valence-corrected chi connectivity index (χ1v) is 7.08. The highest BCUT2D eigenvalue weighted by Gasteiger charge is 2.09. The van der Waals surface area contributed by atoms with E-state index in [9.17, 15) is 9.90 Å². The first-order chi connectivity index (χ1) is 11.2. The van der Waals surface area contributed by atoms with Crippen molar-refractivity contribution >= 4 is 5.95 Å². The molecule has 0 aliphatic carbocycles. The van der Waals surface area contributed by atoms with Gasteiger partial charge < -0.3 is 10.4 Å². The molecule has 7 nitrogen and oxygen atoms in total. The molecule has 7 heteroatoms. The fourth-order valence-electron chi connectivity index (χ4n) is 2.09. The summed E-state index contributed by atoms with van der Waals surface area (Å²) < 4.78 is 0. The third-order valence-corrected chi connectivity index (χ3v) is 3.24. The van der Waals surface area contributed by atoms with Crippen LogP contribution in [0.15, 0.2) is 59.7 Å². The number of nitrogens with one attached hydrogen (secondary N) is 2. The number of H-pyrrole nitrogens is 1. The normalized spacial score (nSPS) is 11.9. The van der Waals surface area contributed by atoms with Gasteiger partial charge in [-0.3, -0.25) is 9.97 Å². The van der Waals surface area contributed by atoms with Crippen molar-refractivity contribution in [2.45, 2.75) is 6.10 Å². The zero-order valence-electron chi connectivity index (χ0n) is 12.2. The monoisotopic (exact) mass is 309 g/mol. The number of hydrogen-bond donors (Lipinski definition) is 3. The molecule has 23 heavy (non-hydrogen) atoms. The smallest absolute Gasteiger partial charge is 0.349 e. The number of benzene rings is 1. The van der Waals surface area contributed by atoms with Crippen molar-refractivity contribution in [1.82, 2.24) is 19.9 Å². The van der Waals surface area contributed by atoms with Crippen LogP contribution >= 0.6 is 0 Å². The number of nitrogens with zero attached hydrogens (tertiary/aromatic N) is 3. The van der Waals surface area contributed by atoms with Crippen LogP contribution in [0, 0.1) is 0 Å². The Balaban J connectivity index is 1.76. The van der Waals surface area contributed by atoms with Gasteiger partial charge in [-0.05, 0) is 17.7 Å². The number of hydrogen-bond acceptors (Lipinski definition) is 6. The van der Waals surface area contributed by atoms with Gasteiger partial charge in [0.1, 0.15) is 5.82 Å². The Kier molecular flexibility index (Phi) is 4.39. The fraction of sp³-hybridized carbons (Fsp3) is 0.125. The summed E-state index contributed by atoms with van der Waals surface area (Å²) in [5.74, 6) is 0.555. The maximum Gasteiger partial charge on any atom is 0.349 e. The van der Waals surface area contributed by atoms with Gasteiger partial charge in [-0.2, -0.15) is 9.97 Å². The van der Waals surface area contributed by atoms with Gasteiger partial charge in [-0.15, -0.1) is 0 Å². The van der Waals surface area contributed by atoms with Crippen LogP contribution in [0.3, 0.4) is 0 Å². The van der Waals surface area contributed by atoms with Gasteiger partial charge >= 0.3 is 5.69 Å². The minimum Gasteiger partial charge on any atom is -0.387 e. The molecule has 3 aromatic rings. The van der Waals surface area contributed by atoms with E-state index in [0.29, 0.717) is 5.82 Å². The third kappa shape index (κ3) is 3.78. The zero-order chi connectivity index (χ0) is 16.1. The van der Waals surface area contributed by atoms with Crippen molar-refractivity contribution in [2.75, 3.05) is 11.9 Å². The van der Waals surface area contributed by atoms with E-state index in [-0.39, 0.29) is 12.5 Å². The number of anilines is 1. The van der Waals surface area contributed by atoms with Crippen molar-refractivity contribution in [3.63, 3.8) is 0 Å². The number of aliphatic hydroxyl groups is 1. The van der Waals surface area contributed by atoms with Crippen molar-refractivity contribution in [3.05, 3.63) is 70.9 Å². The van der Waals surface area contributed by atoms with Crippen molar-refractivity contribution in [1.29, 1.82) is 0 Å². The van der Waals surface area contributed by atoms with Crippen molar-refractivity contribution in [3.8, 4) is 11.4 Å². The van der Waals surface area contributed by atoms with Gasteiger partial charge in [-0.25, -0.2) is 4.79 Å². The SMILES string of the molecule is O=c1nc(NCC(O)c2ccccc2)nc(-c2ccncc2)[nH]1. The largest absolute Gasteiger partial charge is 0.387 e. The molecule has 1 unspecified atom stereocenters. The standard InChI is InChI=1S/C16H15N5O2/c22-13(11-4-2-1-3-5-11)10-18-15-19-14(20-16(23)21-15)12-6-8-17-9-7-12/h1-9,13,22H,10H2,(H2,18,19,20,21,23). The van der Waals surface area contributed by atoms with Gasteiger partial charge in [0.2, 0.25) is 5.95 Å². The maximum absolute atomic E-state index is 11.7. The zero-order valence-corrected chi connectivity index (χ0v) is 12.2. The van der Waals surface area contributed by atoms with Gasteiger partial charge in [-0.1, -0.05) is 30.3 Å². The summed E-state index contributed by atoms with van der Waals surface area (Å²) in [4.78, 5) is 26.2. The predicted octanol–water partition coefficient (Wildman–Crippen LogP) is 1.37. The summed E-state index contributed by atoms with van der Waals surface area (Å²) in [6.45, 7) is 0.198. The van der Waals surface area contributed by atoms with E-state index in [4.69, 9.17) is 0 Å². The first kappa shape index (κ1) is 14.9. The number of aromatic nitrogens is 4. The lowest BCUT2D eigenvalue weighted by atomic mass is 10.1. The summed E-state index contributed by atoms with van der Waals surface area (Å²) in [5, 5.41) is 13.0. The molecule has 0 radical (unpaired) electrons.